The van der Waals surface area contributed by atoms with Gasteiger partial charge in [-0.3, -0.25) is 4.79 Å². The van der Waals surface area contributed by atoms with E-state index in [-0.39, 0.29) is 16.5 Å². The first-order valence-electron chi connectivity index (χ1n) is 4.31. The Hall–Kier alpha value is -0.490. The maximum Gasteiger partial charge on any atom is 0.319 e. The highest BCUT2D eigenvalue weighted by atomic mass is 79.9. The van der Waals surface area contributed by atoms with E-state index in [0.717, 1.165) is 6.07 Å². The summed E-state index contributed by atoms with van der Waals surface area (Å²) < 4.78 is 30.9. The number of methoxy groups -OCH3 is 1. The topological polar surface area (TPSA) is 26.3 Å². The molecule has 1 rings (SSSR count). The molecule has 1 aromatic rings. The minimum absolute atomic E-state index is 0.0946. The maximum atomic E-state index is 13.3. The monoisotopic (exact) mass is 356 g/mol. The zero-order valence-corrected chi connectivity index (χ0v) is 11.4. The molecule has 0 aromatic heterocycles. The van der Waals surface area contributed by atoms with E-state index in [0.29, 0.717) is 0 Å². The summed E-state index contributed by atoms with van der Waals surface area (Å²) in [5, 5.41) is 0. The Morgan fingerprint density at radius 2 is 2.06 bits per heavy atom. The van der Waals surface area contributed by atoms with Gasteiger partial charge in [-0.15, -0.1) is 0 Å². The number of hydrogen-bond acceptors (Lipinski definition) is 2. The largest absolute Gasteiger partial charge is 0.468 e. The summed E-state index contributed by atoms with van der Waals surface area (Å²) in [6.07, 6.45) is 0.0946. The first kappa shape index (κ1) is 13.6. The van der Waals surface area contributed by atoms with Crippen LogP contribution in [0.3, 0.4) is 0 Å². The number of halogens is 4. The van der Waals surface area contributed by atoms with Gasteiger partial charge >= 0.3 is 5.97 Å². The summed E-state index contributed by atoms with van der Waals surface area (Å²) in [5.41, 5.74) is 0.237. The van der Waals surface area contributed by atoms with Gasteiger partial charge in [-0.2, -0.15) is 0 Å². The van der Waals surface area contributed by atoms with Crippen LogP contribution in [0.25, 0.3) is 0 Å². The third kappa shape index (κ3) is 3.25. The van der Waals surface area contributed by atoms with E-state index in [2.05, 4.69) is 36.6 Å². The number of benzene rings is 1. The van der Waals surface area contributed by atoms with Gasteiger partial charge in [-0.05, 0) is 34.0 Å². The van der Waals surface area contributed by atoms with Crippen molar-refractivity contribution in [3.63, 3.8) is 0 Å². The second-order valence-electron chi connectivity index (χ2n) is 3.05. The number of carbonyl (C=O) groups is 1. The normalized spacial score (nSPS) is 12.3. The quantitative estimate of drug-likeness (QED) is 0.471. The molecule has 0 spiro atoms. The van der Waals surface area contributed by atoms with Gasteiger partial charge in [0.1, 0.15) is 16.5 Å². The fourth-order valence-corrected chi connectivity index (χ4v) is 2.05. The van der Waals surface area contributed by atoms with Crippen LogP contribution >= 0.6 is 31.9 Å². The average molecular weight is 358 g/mol. The van der Waals surface area contributed by atoms with Crippen molar-refractivity contribution in [2.24, 2.45) is 0 Å². The van der Waals surface area contributed by atoms with Crippen molar-refractivity contribution in [1.29, 1.82) is 0 Å². The Bertz CT molecular complexity index is 410. The maximum absolute atomic E-state index is 13.3. The molecule has 0 N–H and O–H groups in total. The Morgan fingerprint density at radius 1 is 1.44 bits per heavy atom. The number of rotatable bonds is 3. The molecule has 2 nitrogen and oxygen atoms in total. The van der Waals surface area contributed by atoms with E-state index >= 15 is 0 Å². The zero-order valence-electron chi connectivity index (χ0n) is 8.27. The lowest BCUT2D eigenvalue weighted by Gasteiger charge is -2.09. The minimum Gasteiger partial charge on any atom is -0.468 e. The van der Waals surface area contributed by atoms with Crippen LogP contribution in [-0.2, 0) is 16.0 Å². The SMILES string of the molecule is COC(=O)C(Br)Cc1cc(Br)c(F)cc1F. The molecule has 16 heavy (non-hydrogen) atoms. The Morgan fingerprint density at radius 3 is 2.62 bits per heavy atom. The van der Waals surface area contributed by atoms with Crippen molar-refractivity contribution < 1.29 is 18.3 Å². The zero-order chi connectivity index (χ0) is 12.3. The molecule has 0 bridgehead atoms. The molecule has 0 aliphatic carbocycles. The molecule has 0 radical (unpaired) electrons. The summed E-state index contributed by atoms with van der Waals surface area (Å²) in [6.45, 7) is 0. The summed E-state index contributed by atoms with van der Waals surface area (Å²) >= 11 is 6.02. The Balaban J connectivity index is 2.89. The third-order valence-corrected chi connectivity index (χ3v) is 3.25. The number of esters is 1. The van der Waals surface area contributed by atoms with Gasteiger partial charge in [0.15, 0.2) is 0 Å². The molecular formula is C10H8Br2F2O2. The van der Waals surface area contributed by atoms with Crippen LogP contribution in [0.2, 0.25) is 0 Å². The number of ether oxygens (including phenoxy) is 1. The third-order valence-electron chi connectivity index (χ3n) is 1.95. The van der Waals surface area contributed by atoms with Crippen LogP contribution in [0.5, 0.6) is 0 Å². The first-order chi connectivity index (χ1) is 7.45. The van der Waals surface area contributed by atoms with E-state index < -0.39 is 22.4 Å². The predicted octanol–water partition coefficient (Wildman–Crippen LogP) is 3.21. The van der Waals surface area contributed by atoms with Crippen molar-refractivity contribution in [2.75, 3.05) is 7.11 Å². The lowest BCUT2D eigenvalue weighted by atomic mass is 10.1. The molecule has 88 valence electrons. The van der Waals surface area contributed by atoms with Crippen LogP contribution in [0.1, 0.15) is 5.56 Å². The second-order valence-corrected chi connectivity index (χ2v) is 5.01. The van der Waals surface area contributed by atoms with Gasteiger partial charge in [0.05, 0.1) is 11.6 Å². The molecule has 6 heteroatoms. The number of alkyl halides is 1. The van der Waals surface area contributed by atoms with Gasteiger partial charge in [-0.25, -0.2) is 8.78 Å². The molecular weight excluding hydrogens is 350 g/mol. The average Bonchev–Trinajstić information content (AvgIpc) is 2.24. The van der Waals surface area contributed by atoms with Crippen LogP contribution in [0, 0.1) is 11.6 Å². The van der Waals surface area contributed by atoms with Crippen LogP contribution < -0.4 is 0 Å². The summed E-state index contributed by atoms with van der Waals surface area (Å²) in [7, 11) is 1.24. The van der Waals surface area contributed by atoms with E-state index in [4.69, 9.17) is 0 Å². The van der Waals surface area contributed by atoms with E-state index in [9.17, 15) is 13.6 Å². The van der Waals surface area contributed by atoms with E-state index in [1.807, 2.05) is 0 Å². The smallest absolute Gasteiger partial charge is 0.319 e. The van der Waals surface area contributed by atoms with Crippen molar-refractivity contribution in [3.8, 4) is 0 Å². The molecule has 0 saturated heterocycles. The van der Waals surface area contributed by atoms with Crippen LogP contribution in [0.15, 0.2) is 16.6 Å². The standard InChI is InChI=1S/C10H8Br2F2O2/c1-16-10(15)7(12)3-5-2-6(11)9(14)4-8(5)13/h2,4,7H,3H2,1H3. The van der Waals surface area contributed by atoms with Crippen molar-refractivity contribution in [3.05, 3.63) is 33.8 Å². The van der Waals surface area contributed by atoms with E-state index in [1.165, 1.54) is 13.2 Å². The predicted molar refractivity (Wildman–Crippen MR) is 62.5 cm³/mol. The fourth-order valence-electron chi connectivity index (χ4n) is 1.12. The lowest BCUT2D eigenvalue weighted by molar-refractivity contribution is -0.139. The highest BCUT2D eigenvalue weighted by Gasteiger charge is 2.18. The molecule has 0 fully saturated rings. The molecule has 0 amide bonds. The summed E-state index contributed by atoms with van der Waals surface area (Å²) in [6, 6.07) is 2.08. The highest BCUT2D eigenvalue weighted by molar-refractivity contribution is 9.10. The van der Waals surface area contributed by atoms with Gasteiger partial charge in [0.2, 0.25) is 0 Å². The van der Waals surface area contributed by atoms with Crippen molar-refractivity contribution in [1.82, 2.24) is 0 Å². The Kier molecular flexibility index (Phi) is 4.86. The minimum atomic E-state index is -0.686. The summed E-state index contributed by atoms with van der Waals surface area (Å²) in [4.78, 5) is 10.5. The molecule has 0 aliphatic heterocycles. The molecule has 1 atom stereocenters. The van der Waals surface area contributed by atoms with Crippen LogP contribution in [0.4, 0.5) is 8.78 Å². The van der Waals surface area contributed by atoms with Gasteiger partial charge in [0, 0.05) is 6.07 Å². The molecule has 0 aliphatic rings. The molecule has 0 saturated carbocycles. The van der Waals surface area contributed by atoms with Gasteiger partial charge in [-0.1, -0.05) is 15.9 Å². The second kappa shape index (κ2) is 5.72. The van der Waals surface area contributed by atoms with Gasteiger partial charge in [0.25, 0.3) is 0 Å². The molecule has 1 aromatic carbocycles. The number of hydrogen-bond donors (Lipinski definition) is 0. The van der Waals surface area contributed by atoms with Crippen molar-refractivity contribution >= 4 is 37.8 Å². The number of carbonyl (C=O) groups excluding carboxylic acids is 1. The first-order valence-corrected chi connectivity index (χ1v) is 6.02. The Labute approximate surface area is 108 Å². The van der Waals surface area contributed by atoms with Crippen molar-refractivity contribution in [2.45, 2.75) is 11.2 Å². The summed E-state index contributed by atoms with van der Waals surface area (Å²) in [5.74, 6) is -1.86. The molecule has 0 heterocycles. The fraction of sp³-hybridized carbons (Fsp3) is 0.300. The lowest BCUT2D eigenvalue weighted by Crippen LogP contribution is -2.18. The highest BCUT2D eigenvalue weighted by Crippen LogP contribution is 2.22. The van der Waals surface area contributed by atoms with Crippen LogP contribution in [-0.4, -0.2) is 17.9 Å². The van der Waals surface area contributed by atoms with Gasteiger partial charge < -0.3 is 4.74 Å². The molecule has 1 unspecified atom stereocenters. The van der Waals surface area contributed by atoms with E-state index in [1.54, 1.807) is 0 Å².